The van der Waals surface area contributed by atoms with E-state index in [1.807, 2.05) is 18.2 Å². The molecule has 1 atom stereocenters. The van der Waals surface area contributed by atoms with Crippen molar-refractivity contribution in [3.8, 4) is 0 Å². The molecule has 1 heterocycles. The lowest BCUT2D eigenvalue weighted by Crippen LogP contribution is -2.43. The van der Waals surface area contributed by atoms with Crippen LogP contribution in [0.1, 0.15) is 26.2 Å². The van der Waals surface area contributed by atoms with Crippen molar-refractivity contribution in [2.45, 2.75) is 31.7 Å². The normalized spacial score (nSPS) is 24.4. The summed E-state index contributed by atoms with van der Waals surface area (Å²) in [6.07, 6.45) is 3.05. The molecule has 0 amide bonds. The fourth-order valence-electron chi connectivity index (χ4n) is 2.77. The van der Waals surface area contributed by atoms with Gasteiger partial charge >= 0.3 is 0 Å². The van der Waals surface area contributed by atoms with E-state index >= 15 is 0 Å². The Morgan fingerprint density at radius 3 is 2.85 bits per heavy atom. The number of hydrogen-bond donors (Lipinski definition) is 2. The number of anilines is 1. The zero-order chi connectivity index (χ0) is 14.6. The summed E-state index contributed by atoms with van der Waals surface area (Å²) < 4.78 is 0.876. The van der Waals surface area contributed by atoms with Gasteiger partial charge in [-0.2, -0.15) is 0 Å². The van der Waals surface area contributed by atoms with E-state index in [-0.39, 0.29) is 12.1 Å². The summed E-state index contributed by atoms with van der Waals surface area (Å²) in [6.45, 7) is 5.57. The van der Waals surface area contributed by atoms with Crippen molar-refractivity contribution < 1.29 is 5.11 Å². The zero-order valence-corrected chi connectivity index (χ0v) is 14.2. The number of nitrogens with one attached hydrogen (secondary N) is 1. The minimum absolute atomic E-state index is 0.158. The number of nitrogens with zero attached hydrogens (tertiary/aromatic N) is 1. The Labute approximate surface area is 134 Å². The Balaban J connectivity index is 2.12. The van der Waals surface area contributed by atoms with Gasteiger partial charge in [-0.15, -0.1) is 0 Å². The second kappa shape index (κ2) is 7.12. The summed E-state index contributed by atoms with van der Waals surface area (Å²) >= 11 is 9.47. The van der Waals surface area contributed by atoms with Gasteiger partial charge in [-0.25, -0.2) is 0 Å². The summed E-state index contributed by atoms with van der Waals surface area (Å²) in [4.78, 5) is 2.44. The van der Waals surface area contributed by atoms with Crippen molar-refractivity contribution >= 4 is 33.2 Å². The van der Waals surface area contributed by atoms with Crippen molar-refractivity contribution in [1.82, 2.24) is 4.90 Å². The molecule has 0 spiro atoms. The van der Waals surface area contributed by atoms with E-state index in [9.17, 15) is 5.11 Å². The molecular weight excluding hydrogens is 340 g/mol. The first-order chi connectivity index (χ1) is 9.58. The van der Waals surface area contributed by atoms with Gasteiger partial charge in [0.2, 0.25) is 0 Å². The van der Waals surface area contributed by atoms with E-state index in [4.69, 9.17) is 11.6 Å². The number of aliphatic hydroxyl groups excluding tert-OH is 1. The Bertz CT molecular complexity index is 457. The number of halogens is 2. The highest BCUT2D eigenvalue weighted by Crippen LogP contribution is 2.30. The summed E-state index contributed by atoms with van der Waals surface area (Å²) in [7, 11) is 0. The van der Waals surface area contributed by atoms with E-state index < -0.39 is 0 Å². The van der Waals surface area contributed by atoms with Gasteiger partial charge in [0.1, 0.15) is 0 Å². The number of benzene rings is 1. The first kappa shape index (κ1) is 16.1. The molecule has 20 heavy (non-hydrogen) atoms. The van der Waals surface area contributed by atoms with Crippen LogP contribution in [0.2, 0.25) is 5.02 Å². The molecule has 112 valence electrons. The van der Waals surface area contributed by atoms with Crippen LogP contribution in [0.15, 0.2) is 22.7 Å². The van der Waals surface area contributed by atoms with Gasteiger partial charge < -0.3 is 15.3 Å². The van der Waals surface area contributed by atoms with E-state index in [1.54, 1.807) is 0 Å². The molecule has 1 aromatic carbocycles. The van der Waals surface area contributed by atoms with Crippen LogP contribution in [-0.4, -0.2) is 41.8 Å². The molecule has 1 unspecified atom stereocenters. The van der Waals surface area contributed by atoms with Crippen LogP contribution in [0.3, 0.4) is 0 Å². The standard InChI is InChI=1S/C15H22BrClN2O/c1-2-19-8-3-6-15(11-20,7-9-19)18-12-4-5-14(17)13(16)10-12/h4-5,10,18,20H,2-3,6-9,11H2,1H3. The lowest BCUT2D eigenvalue weighted by molar-refractivity contribution is 0.193. The van der Waals surface area contributed by atoms with Crippen molar-refractivity contribution in [2.24, 2.45) is 0 Å². The highest BCUT2D eigenvalue weighted by Gasteiger charge is 2.31. The molecule has 1 aliphatic rings. The SMILES string of the molecule is CCN1CCCC(CO)(Nc2ccc(Cl)c(Br)c2)CC1. The van der Waals surface area contributed by atoms with Gasteiger partial charge in [0.25, 0.3) is 0 Å². The molecule has 0 aromatic heterocycles. The van der Waals surface area contributed by atoms with E-state index in [1.165, 1.54) is 0 Å². The van der Waals surface area contributed by atoms with Crippen LogP contribution in [0.4, 0.5) is 5.69 Å². The molecule has 1 aliphatic heterocycles. The third kappa shape index (κ3) is 3.88. The summed E-state index contributed by atoms with van der Waals surface area (Å²) in [5.74, 6) is 0. The van der Waals surface area contributed by atoms with E-state index in [2.05, 4.69) is 33.1 Å². The van der Waals surface area contributed by atoms with Crippen LogP contribution < -0.4 is 5.32 Å². The molecule has 0 radical (unpaired) electrons. The fraction of sp³-hybridized carbons (Fsp3) is 0.600. The van der Waals surface area contributed by atoms with Gasteiger partial charge in [0.15, 0.2) is 0 Å². The molecule has 0 saturated carbocycles. The molecule has 2 N–H and O–H groups in total. The molecule has 1 aromatic rings. The number of rotatable bonds is 4. The quantitative estimate of drug-likeness (QED) is 0.857. The molecule has 0 bridgehead atoms. The van der Waals surface area contributed by atoms with Gasteiger partial charge in [-0.1, -0.05) is 18.5 Å². The minimum atomic E-state index is -0.225. The maximum Gasteiger partial charge on any atom is 0.0662 e. The van der Waals surface area contributed by atoms with E-state index in [0.29, 0.717) is 5.02 Å². The topological polar surface area (TPSA) is 35.5 Å². The number of hydrogen-bond acceptors (Lipinski definition) is 3. The second-order valence-electron chi connectivity index (χ2n) is 5.48. The van der Waals surface area contributed by atoms with Crippen molar-refractivity contribution in [3.63, 3.8) is 0 Å². The van der Waals surface area contributed by atoms with Crippen LogP contribution in [0, 0.1) is 0 Å². The molecular formula is C15H22BrClN2O. The lowest BCUT2D eigenvalue weighted by Gasteiger charge is -2.33. The van der Waals surface area contributed by atoms with Gasteiger partial charge in [-0.05, 0) is 66.5 Å². The highest BCUT2D eigenvalue weighted by molar-refractivity contribution is 9.10. The maximum atomic E-state index is 9.89. The Hall–Kier alpha value is -0.290. The molecule has 0 aliphatic carbocycles. The Morgan fingerprint density at radius 2 is 2.20 bits per heavy atom. The first-order valence-electron chi connectivity index (χ1n) is 7.15. The van der Waals surface area contributed by atoms with Crippen LogP contribution >= 0.6 is 27.5 Å². The fourth-order valence-corrected chi connectivity index (χ4v) is 3.27. The van der Waals surface area contributed by atoms with Crippen molar-refractivity contribution in [2.75, 3.05) is 31.6 Å². The average molecular weight is 362 g/mol. The summed E-state index contributed by atoms with van der Waals surface area (Å²) in [6, 6.07) is 5.81. The van der Waals surface area contributed by atoms with E-state index in [0.717, 1.165) is 49.1 Å². The number of aliphatic hydroxyl groups is 1. The smallest absolute Gasteiger partial charge is 0.0662 e. The van der Waals surface area contributed by atoms with Gasteiger partial charge in [-0.3, -0.25) is 0 Å². The predicted molar refractivity (Wildman–Crippen MR) is 88.6 cm³/mol. The molecule has 1 fully saturated rings. The average Bonchev–Trinajstić information content (AvgIpc) is 2.66. The highest BCUT2D eigenvalue weighted by atomic mass is 79.9. The maximum absolute atomic E-state index is 9.89. The third-order valence-electron chi connectivity index (χ3n) is 4.12. The van der Waals surface area contributed by atoms with Gasteiger partial charge in [0, 0.05) is 16.7 Å². The number of likely N-dealkylation sites (tertiary alicyclic amines) is 1. The van der Waals surface area contributed by atoms with Gasteiger partial charge in [0.05, 0.1) is 17.2 Å². The molecule has 2 rings (SSSR count). The third-order valence-corrected chi connectivity index (χ3v) is 5.33. The zero-order valence-electron chi connectivity index (χ0n) is 11.8. The Morgan fingerprint density at radius 1 is 1.40 bits per heavy atom. The van der Waals surface area contributed by atoms with Crippen molar-refractivity contribution in [1.29, 1.82) is 0 Å². The summed E-state index contributed by atoms with van der Waals surface area (Å²) in [5, 5.41) is 14.1. The van der Waals surface area contributed by atoms with Crippen LogP contribution in [-0.2, 0) is 0 Å². The first-order valence-corrected chi connectivity index (χ1v) is 8.32. The Kier molecular flexibility index (Phi) is 5.73. The molecule has 5 heteroatoms. The van der Waals surface area contributed by atoms with Crippen LogP contribution in [0.25, 0.3) is 0 Å². The minimum Gasteiger partial charge on any atom is -0.394 e. The monoisotopic (exact) mass is 360 g/mol. The summed E-state index contributed by atoms with van der Waals surface area (Å²) in [5.41, 5.74) is 0.775. The molecule has 3 nitrogen and oxygen atoms in total. The lowest BCUT2D eigenvalue weighted by atomic mass is 9.91. The second-order valence-corrected chi connectivity index (χ2v) is 6.74. The van der Waals surface area contributed by atoms with Crippen LogP contribution in [0.5, 0.6) is 0 Å². The molecule has 1 saturated heterocycles. The predicted octanol–water partition coefficient (Wildman–Crippen LogP) is 3.75. The largest absolute Gasteiger partial charge is 0.394 e. The van der Waals surface area contributed by atoms with Crippen molar-refractivity contribution in [3.05, 3.63) is 27.7 Å².